The van der Waals surface area contributed by atoms with E-state index < -0.39 is 0 Å². The van der Waals surface area contributed by atoms with Gasteiger partial charge in [0, 0.05) is 11.8 Å². The molecule has 0 bridgehead atoms. The van der Waals surface area contributed by atoms with Crippen LogP contribution in [0.1, 0.15) is 15.9 Å². The van der Waals surface area contributed by atoms with Crippen LogP contribution in [0.4, 0.5) is 11.5 Å². The first kappa shape index (κ1) is 19.4. The molecule has 0 aliphatic rings. The number of anilines is 2. The molecule has 0 saturated carbocycles. The Labute approximate surface area is 167 Å². The van der Waals surface area contributed by atoms with Crippen molar-refractivity contribution in [1.29, 1.82) is 0 Å². The third-order valence-corrected chi connectivity index (χ3v) is 4.10. The molecule has 0 saturated heterocycles. The van der Waals surface area contributed by atoms with Gasteiger partial charge in [0.1, 0.15) is 11.6 Å². The highest BCUT2D eigenvalue weighted by Crippen LogP contribution is 2.23. The topological polar surface area (TPSA) is 80.3 Å². The number of aryl methyl sites for hydroxylation is 1. The fraction of sp³-hybridized carbons (Fsp3) is 0.0952. The van der Waals surface area contributed by atoms with Crippen molar-refractivity contribution in [3.8, 4) is 5.75 Å². The molecule has 7 heteroatoms. The van der Waals surface area contributed by atoms with Crippen LogP contribution in [0.2, 0.25) is 5.02 Å². The molecular formula is C21H18ClN3O3. The van der Waals surface area contributed by atoms with Gasteiger partial charge >= 0.3 is 0 Å². The van der Waals surface area contributed by atoms with Crippen molar-refractivity contribution in [2.75, 3.05) is 17.2 Å². The SMILES string of the molecule is Cc1ccnc(NC(=O)c2ccc(Cl)c(NC(=O)COc3ccccc3)c2)c1. The standard InChI is InChI=1S/C21H18ClN3O3/c1-14-9-10-23-19(11-14)25-21(27)15-7-8-17(22)18(12-15)24-20(26)13-28-16-5-3-2-4-6-16/h2-12H,13H2,1H3,(H,24,26)(H,23,25,27). The number of hydrogen-bond donors (Lipinski definition) is 2. The number of halogens is 1. The molecule has 0 atom stereocenters. The molecule has 0 radical (unpaired) electrons. The summed E-state index contributed by atoms with van der Waals surface area (Å²) in [7, 11) is 0. The number of hydrogen-bond acceptors (Lipinski definition) is 4. The van der Waals surface area contributed by atoms with Crippen molar-refractivity contribution in [3.05, 3.63) is 83.0 Å². The number of amides is 2. The lowest BCUT2D eigenvalue weighted by Crippen LogP contribution is -2.21. The van der Waals surface area contributed by atoms with Crippen LogP contribution in [-0.2, 0) is 4.79 Å². The number of carbonyl (C=O) groups is 2. The summed E-state index contributed by atoms with van der Waals surface area (Å²) in [4.78, 5) is 28.7. The van der Waals surface area contributed by atoms with Crippen molar-refractivity contribution in [1.82, 2.24) is 4.98 Å². The fourth-order valence-electron chi connectivity index (χ4n) is 2.41. The Balaban J connectivity index is 1.65. The average molecular weight is 396 g/mol. The van der Waals surface area contributed by atoms with Gasteiger partial charge in [-0.15, -0.1) is 0 Å². The third kappa shape index (κ3) is 5.31. The molecule has 3 aromatic rings. The molecule has 2 aromatic carbocycles. The number of rotatable bonds is 6. The van der Waals surface area contributed by atoms with Gasteiger partial charge in [-0.3, -0.25) is 9.59 Å². The summed E-state index contributed by atoms with van der Waals surface area (Å²) in [6, 6.07) is 17.2. The zero-order chi connectivity index (χ0) is 19.9. The van der Waals surface area contributed by atoms with E-state index in [2.05, 4.69) is 15.6 Å². The number of ether oxygens (including phenoxy) is 1. The van der Waals surface area contributed by atoms with E-state index in [0.717, 1.165) is 5.56 Å². The van der Waals surface area contributed by atoms with Gasteiger partial charge in [-0.1, -0.05) is 29.8 Å². The quantitative estimate of drug-likeness (QED) is 0.651. The lowest BCUT2D eigenvalue weighted by Gasteiger charge is -2.11. The van der Waals surface area contributed by atoms with E-state index in [1.54, 1.807) is 36.5 Å². The molecule has 1 heterocycles. The fourth-order valence-corrected chi connectivity index (χ4v) is 2.57. The van der Waals surface area contributed by atoms with Gasteiger partial charge in [0.15, 0.2) is 6.61 Å². The Bertz CT molecular complexity index is 993. The summed E-state index contributed by atoms with van der Waals surface area (Å²) in [6.07, 6.45) is 1.62. The highest BCUT2D eigenvalue weighted by molar-refractivity contribution is 6.34. The van der Waals surface area contributed by atoms with Gasteiger partial charge in [0.25, 0.3) is 11.8 Å². The molecule has 28 heavy (non-hydrogen) atoms. The first-order chi connectivity index (χ1) is 13.5. The highest BCUT2D eigenvalue weighted by Gasteiger charge is 2.12. The molecule has 1 aromatic heterocycles. The maximum atomic E-state index is 12.5. The zero-order valence-electron chi connectivity index (χ0n) is 15.1. The first-order valence-electron chi connectivity index (χ1n) is 8.52. The monoisotopic (exact) mass is 395 g/mol. The molecule has 0 unspecified atom stereocenters. The Morgan fingerprint density at radius 3 is 2.57 bits per heavy atom. The van der Waals surface area contributed by atoms with Crippen LogP contribution in [0.3, 0.4) is 0 Å². The number of para-hydroxylation sites is 1. The predicted molar refractivity (Wildman–Crippen MR) is 109 cm³/mol. The molecule has 6 nitrogen and oxygen atoms in total. The molecule has 0 spiro atoms. The van der Waals surface area contributed by atoms with Crippen molar-refractivity contribution >= 4 is 34.9 Å². The van der Waals surface area contributed by atoms with Crippen molar-refractivity contribution in [2.45, 2.75) is 6.92 Å². The minimum Gasteiger partial charge on any atom is -0.484 e. The number of pyridine rings is 1. The molecule has 0 aliphatic heterocycles. The molecule has 3 rings (SSSR count). The van der Waals surface area contributed by atoms with Crippen molar-refractivity contribution < 1.29 is 14.3 Å². The summed E-state index contributed by atoms with van der Waals surface area (Å²) in [5.41, 5.74) is 1.65. The van der Waals surface area contributed by atoms with E-state index in [-0.39, 0.29) is 18.4 Å². The van der Waals surface area contributed by atoms with Crippen molar-refractivity contribution in [3.63, 3.8) is 0 Å². The summed E-state index contributed by atoms with van der Waals surface area (Å²) in [6.45, 7) is 1.73. The van der Waals surface area contributed by atoms with E-state index >= 15 is 0 Å². The van der Waals surface area contributed by atoms with Crippen LogP contribution in [0, 0.1) is 6.92 Å². The summed E-state index contributed by atoms with van der Waals surface area (Å²) < 4.78 is 5.41. The van der Waals surface area contributed by atoms with Crippen LogP contribution >= 0.6 is 11.6 Å². The maximum Gasteiger partial charge on any atom is 0.262 e. The second-order valence-corrected chi connectivity index (χ2v) is 6.42. The van der Waals surface area contributed by atoms with E-state index in [9.17, 15) is 9.59 Å². The molecule has 2 amide bonds. The second kappa shape index (κ2) is 9.01. The number of benzene rings is 2. The van der Waals surface area contributed by atoms with Gasteiger partial charge in [0.2, 0.25) is 0 Å². The summed E-state index contributed by atoms with van der Waals surface area (Å²) in [5, 5.41) is 5.69. The highest BCUT2D eigenvalue weighted by atomic mass is 35.5. The smallest absolute Gasteiger partial charge is 0.262 e. The Morgan fingerprint density at radius 2 is 1.82 bits per heavy atom. The Morgan fingerprint density at radius 1 is 1.04 bits per heavy atom. The summed E-state index contributed by atoms with van der Waals surface area (Å²) >= 11 is 6.14. The first-order valence-corrected chi connectivity index (χ1v) is 8.90. The second-order valence-electron chi connectivity index (χ2n) is 6.02. The molecule has 142 valence electrons. The molecule has 0 aliphatic carbocycles. The predicted octanol–water partition coefficient (Wildman–Crippen LogP) is 4.31. The normalized spacial score (nSPS) is 10.2. The Kier molecular flexibility index (Phi) is 6.24. The Hall–Kier alpha value is -3.38. The average Bonchev–Trinajstić information content (AvgIpc) is 2.69. The molecular weight excluding hydrogens is 378 g/mol. The summed E-state index contributed by atoms with van der Waals surface area (Å²) in [5.74, 6) is 0.291. The largest absolute Gasteiger partial charge is 0.484 e. The van der Waals surface area contributed by atoms with E-state index in [0.29, 0.717) is 27.8 Å². The van der Waals surface area contributed by atoms with Crippen molar-refractivity contribution in [2.24, 2.45) is 0 Å². The van der Waals surface area contributed by atoms with Gasteiger partial charge in [-0.05, 0) is 55.0 Å². The number of nitrogens with zero attached hydrogens (tertiary/aromatic N) is 1. The minimum absolute atomic E-state index is 0.177. The lowest BCUT2D eigenvalue weighted by molar-refractivity contribution is -0.118. The van der Waals surface area contributed by atoms with Gasteiger partial charge in [-0.2, -0.15) is 0 Å². The van der Waals surface area contributed by atoms with Gasteiger partial charge < -0.3 is 15.4 Å². The number of carbonyl (C=O) groups excluding carboxylic acids is 2. The van der Waals surface area contributed by atoms with Crippen LogP contribution in [0.25, 0.3) is 0 Å². The third-order valence-electron chi connectivity index (χ3n) is 3.77. The lowest BCUT2D eigenvalue weighted by atomic mass is 10.2. The van der Waals surface area contributed by atoms with Crippen LogP contribution in [-0.4, -0.2) is 23.4 Å². The van der Waals surface area contributed by atoms with Crippen LogP contribution < -0.4 is 15.4 Å². The number of aromatic nitrogens is 1. The number of nitrogens with one attached hydrogen (secondary N) is 2. The zero-order valence-corrected chi connectivity index (χ0v) is 15.9. The van der Waals surface area contributed by atoms with Gasteiger partial charge in [0.05, 0.1) is 10.7 Å². The van der Waals surface area contributed by atoms with Crippen LogP contribution in [0.5, 0.6) is 5.75 Å². The van der Waals surface area contributed by atoms with E-state index in [1.165, 1.54) is 6.07 Å². The van der Waals surface area contributed by atoms with E-state index in [4.69, 9.17) is 16.3 Å². The molecule has 2 N–H and O–H groups in total. The van der Waals surface area contributed by atoms with E-state index in [1.807, 2.05) is 31.2 Å². The maximum absolute atomic E-state index is 12.5. The van der Waals surface area contributed by atoms with Crippen LogP contribution in [0.15, 0.2) is 66.9 Å². The molecule has 0 fully saturated rings. The van der Waals surface area contributed by atoms with Gasteiger partial charge in [-0.25, -0.2) is 4.98 Å². The minimum atomic E-state index is -0.385.